The number of thiazole rings is 1. The molecule has 0 radical (unpaired) electrons. The fourth-order valence-electron chi connectivity index (χ4n) is 3.63. The fourth-order valence-corrected chi connectivity index (χ4v) is 4.62. The molecule has 0 N–H and O–H groups in total. The largest absolute Gasteiger partial charge is 0.422 e. The normalized spacial score (nSPS) is 11.7. The molecule has 2 heterocycles. The summed E-state index contributed by atoms with van der Waals surface area (Å²) in [5, 5.41) is 0.599. The van der Waals surface area contributed by atoms with Crippen molar-refractivity contribution in [3.8, 4) is 0 Å². The zero-order valence-corrected chi connectivity index (χ0v) is 18.2. The van der Waals surface area contributed by atoms with Gasteiger partial charge in [0.2, 0.25) is 0 Å². The van der Waals surface area contributed by atoms with E-state index in [1.54, 1.807) is 54.6 Å². The maximum Gasteiger partial charge on any atom is 0.418 e. The predicted molar refractivity (Wildman–Crippen MR) is 124 cm³/mol. The lowest BCUT2D eigenvalue weighted by Crippen LogP contribution is -2.33. The number of rotatable bonds is 4. The molecule has 0 spiro atoms. The number of carbonyl (C=O) groups excluding carboxylic acids is 1. The number of carbonyl (C=O) groups is 1. The number of amides is 1. The Labute approximate surface area is 194 Å². The van der Waals surface area contributed by atoms with Crippen molar-refractivity contribution in [2.75, 3.05) is 4.90 Å². The molecule has 3 aromatic carbocycles. The minimum atomic E-state index is -4.60. The first-order valence-electron chi connectivity index (χ1n) is 10.2. The molecule has 5 aromatic rings. The van der Waals surface area contributed by atoms with Crippen LogP contribution in [0.4, 0.5) is 18.3 Å². The Morgan fingerprint density at radius 3 is 2.47 bits per heavy atom. The minimum absolute atomic E-state index is 0.00706. The average Bonchev–Trinajstić information content (AvgIpc) is 3.25. The molecule has 5 rings (SSSR count). The first kappa shape index (κ1) is 21.8. The zero-order chi connectivity index (χ0) is 23.9. The summed E-state index contributed by atoms with van der Waals surface area (Å²) < 4.78 is 46.2. The smallest absolute Gasteiger partial charge is 0.418 e. The second-order valence-corrected chi connectivity index (χ2v) is 8.52. The van der Waals surface area contributed by atoms with E-state index in [0.29, 0.717) is 11.0 Å². The van der Waals surface area contributed by atoms with Crippen LogP contribution in [-0.4, -0.2) is 10.9 Å². The Morgan fingerprint density at radius 1 is 0.971 bits per heavy atom. The number of fused-ring (bicyclic) bond motifs is 2. The molecule has 0 unspecified atom stereocenters. The van der Waals surface area contributed by atoms with E-state index in [1.807, 2.05) is 0 Å². The Balaban J connectivity index is 1.66. The lowest BCUT2D eigenvalue weighted by Gasteiger charge is -2.19. The molecule has 0 aliphatic heterocycles. The van der Waals surface area contributed by atoms with Crippen LogP contribution in [0.25, 0.3) is 21.2 Å². The molecule has 34 heavy (non-hydrogen) atoms. The van der Waals surface area contributed by atoms with Crippen LogP contribution in [-0.2, 0) is 12.7 Å². The summed E-state index contributed by atoms with van der Waals surface area (Å²) in [6.45, 7) is 0.00706. The molecule has 2 aromatic heterocycles. The highest BCUT2D eigenvalue weighted by atomic mass is 32.1. The molecular weight excluding hydrogens is 465 g/mol. The number of para-hydroxylation sites is 2. The lowest BCUT2D eigenvalue weighted by molar-refractivity contribution is -0.136. The van der Waals surface area contributed by atoms with E-state index >= 15 is 0 Å². The van der Waals surface area contributed by atoms with Gasteiger partial charge < -0.3 is 4.42 Å². The molecule has 0 aliphatic carbocycles. The highest BCUT2D eigenvalue weighted by Gasteiger charge is 2.34. The molecule has 0 bridgehead atoms. The number of nitrogens with zero attached hydrogens (tertiary/aromatic N) is 2. The number of anilines is 1. The van der Waals surface area contributed by atoms with Gasteiger partial charge in [0.25, 0.3) is 5.91 Å². The standard InChI is InChI=1S/C25H15F3N2O3S/c26-25(27,28)18-10-6-12-20-21(18)29-24(34-20)30(14-15-7-2-1-3-8-15)22(31)17-13-16-9-4-5-11-19(16)33-23(17)32/h1-13H,14H2. The van der Waals surface area contributed by atoms with Crippen molar-refractivity contribution in [2.45, 2.75) is 12.7 Å². The van der Waals surface area contributed by atoms with Gasteiger partial charge in [-0.25, -0.2) is 9.78 Å². The summed E-state index contributed by atoms with van der Waals surface area (Å²) in [4.78, 5) is 31.6. The number of hydrogen-bond acceptors (Lipinski definition) is 5. The van der Waals surface area contributed by atoms with Gasteiger partial charge in [-0.1, -0.05) is 65.9 Å². The number of halogens is 3. The predicted octanol–water partition coefficient (Wildman–Crippen LogP) is 6.27. The van der Waals surface area contributed by atoms with Crippen molar-refractivity contribution in [1.29, 1.82) is 0 Å². The Bertz CT molecular complexity index is 1580. The maximum absolute atomic E-state index is 13.6. The molecule has 9 heteroatoms. The number of hydrogen-bond donors (Lipinski definition) is 0. The molecule has 0 aliphatic rings. The van der Waals surface area contributed by atoms with Gasteiger partial charge in [-0.05, 0) is 29.8 Å². The van der Waals surface area contributed by atoms with Crippen LogP contribution in [0.1, 0.15) is 21.5 Å². The summed E-state index contributed by atoms with van der Waals surface area (Å²) >= 11 is 0.949. The minimum Gasteiger partial charge on any atom is -0.422 e. The number of alkyl halides is 3. The van der Waals surface area contributed by atoms with Gasteiger partial charge >= 0.3 is 11.8 Å². The maximum atomic E-state index is 13.6. The van der Waals surface area contributed by atoms with Gasteiger partial charge in [-0.15, -0.1) is 0 Å². The van der Waals surface area contributed by atoms with Crippen molar-refractivity contribution in [3.63, 3.8) is 0 Å². The van der Waals surface area contributed by atoms with Gasteiger partial charge in [0.15, 0.2) is 5.13 Å². The summed E-state index contributed by atoms with van der Waals surface area (Å²) in [5.41, 5.74) is -1.15. The number of aromatic nitrogens is 1. The van der Waals surface area contributed by atoms with Crippen LogP contribution >= 0.6 is 11.3 Å². The van der Waals surface area contributed by atoms with Crippen LogP contribution in [0.5, 0.6) is 0 Å². The van der Waals surface area contributed by atoms with Crippen molar-refractivity contribution in [3.05, 3.63) is 106 Å². The highest BCUT2D eigenvalue weighted by molar-refractivity contribution is 7.22. The van der Waals surface area contributed by atoms with Gasteiger partial charge in [-0.3, -0.25) is 9.69 Å². The first-order valence-corrected chi connectivity index (χ1v) is 11.0. The van der Waals surface area contributed by atoms with Gasteiger partial charge in [-0.2, -0.15) is 13.2 Å². The third-order valence-electron chi connectivity index (χ3n) is 5.24. The summed E-state index contributed by atoms with van der Waals surface area (Å²) in [6.07, 6.45) is -4.60. The quantitative estimate of drug-likeness (QED) is 0.285. The van der Waals surface area contributed by atoms with Crippen LogP contribution < -0.4 is 10.5 Å². The average molecular weight is 480 g/mol. The molecule has 0 fully saturated rings. The molecule has 170 valence electrons. The Morgan fingerprint density at radius 2 is 1.71 bits per heavy atom. The van der Waals surface area contributed by atoms with Crippen LogP contribution in [0, 0.1) is 0 Å². The van der Waals surface area contributed by atoms with Gasteiger partial charge in [0.1, 0.15) is 11.1 Å². The van der Waals surface area contributed by atoms with Crippen LogP contribution in [0.2, 0.25) is 0 Å². The summed E-state index contributed by atoms with van der Waals surface area (Å²) in [5.74, 6) is -0.712. The Hall–Kier alpha value is -3.98. The van der Waals surface area contributed by atoms with Crippen molar-refractivity contribution >= 4 is 43.6 Å². The summed E-state index contributed by atoms with van der Waals surface area (Å²) in [7, 11) is 0. The molecule has 0 atom stereocenters. The summed E-state index contributed by atoms with van der Waals surface area (Å²) in [6, 6.07) is 20.9. The van der Waals surface area contributed by atoms with Crippen molar-refractivity contribution in [1.82, 2.24) is 4.98 Å². The second kappa shape index (κ2) is 8.42. The SMILES string of the molecule is O=C(c1cc2ccccc2oc1=O)N(Cc1ccccc1)c1nc2c(C(F)(F)F)cccc2s1. The molecular formula is C25H15F3N2O3S. The molecule has 0 saturated carbocycles. The van der Waals surface area contributed by atoms with E-state index in [2.05, 4.69) is 4.98 Å². The van der Waals surface area contributed by atoms with E-state index < -0.39 is 23.3 Å². The van der Waals surface area contributed by atoms with E-state index in [4.69, 9.17) is 4.42 Å². The number of benzene rings is 3. The Kier molecular flexibility index (Phi) is 5.41. The van der Waals surface area contributed by atoms with E-state index in [9.17, 15) is 22.8 Å². The third-order valence-corrected chi connectivity index (χ3v) is 6.29. The monoisotopic (exact) mass is 480 g/mol. The first-order chi connectivity index (χ1) is 16.3. The highest BCUT2D eigenvalue weighted by Crippen LogP contribution is 2.39. The van der Waals surface area contributed by atoms with E-state index in [-0.39, 0.29) is 27.5 Å². The van der Waals surface area contributed by atoms with Crippen LogP contribution in [0.3, 0.4) is 0 Å². The van der Waals surface area contributed by atoms with Crippen LogP contribution in [0.15, 0.2) is 88.1 Å². The van der Waals surface area contributed by atoms with Gasteiger partial charge in [0.05, 0.1) is 22.3 Å². The molecule has 5 nitrogen and oxygen atoms in total. The van der Waals surface area contributed by atoms with E-state index in [1.165, 1.54) is 23.1 Å². The second-order valence-electron chi connectivity index (χ2n) is 7.51. The van der Waals surface area contributed by atoms with Gasteiger partial charge in [0, 0.05) is 5.39 Å². The zero-order valence-electron chi connectivity index (χ0n) is 17.4. The van der Waals surface area contributed by atoms with E-state index in [0.717, 1.165) is 23.0 Å². The fraction of sp³-hybridized carbons (Fsp3) is 0.0800. The lowest BCUT2D eigenvalue weighted by atomic mass is 10.1. The van der Waals surface area contributed by atoms with Crippen molar-refractivity contribution < 1.29 is 22.4 Å². The topological polar surface area (TPSA) is 63.4 Å². The molecule has 1 amide bonds. The van der Waals surface area contributed by atoms with Crippen molar-refractivity contribution in [2.24, 2.45) is 0 Å². The molecule has 0 saturated heterocycles. The third kappa shape index (κ3) is 4.06.